The van der Waals surface area contributed by atoms with Crippen LogP contribution in [-0.2, 0) is 14.8 Å². The number of nitrogens with zero attached hydrogens (tertiary/aromatic N) is 1. The van der Waals surface area contributed by atoms with Gasteiger partial charge in [0.05, 0.1) is 16.8 Å². The minimum Gasteiger partial charge on any atom is -0.478 e. The van der Waals surface area contributed by atoms with Crippen LogP contribution in [0.2, 0.25) is 0 Å². The molecule has 0 aliphatic carbocycles. The van der Waals surface area contributed by atoms with E-state index in [0.29, 0.717) is 11.4 Å². The van der Waals surface area contributed by atoms with Crippen LogP contribution in [0, 0.1) is 6.92 Å². The number of para-hydroxylation sites is 2. The minimum absolute atomic E-state index is 0.231. The number of aryl methyl sites for hydroxylation is 1. The number of fused-ring (bicyclic) bond motifs is 2. The molecule has 0 saturated carbocycles. The maximum absolute atomic E-state index is 13.2. The highest BCUT2D eigenvalue weighted by atomic mass is 32.2. The lowest BCUT2D eigenvalue weighted by atomic mass is 10.2. The number of rotatable bonds is 2. The van der Waals surface area contributed by atoms with Gasteiger partial charge in [-0.1, -0.05) is 29.8 Å². The molecule has 2 heterocycles. The van der Waals surface area contributed by atoms with Gasteiger partial charge in [0.2, 0.25) is 6.23 Å². The summed E-state index contributed by atoms with van der Waals surface area (Å²) in [7, 11) is -3.76. The third-order valence-electron chi connectivity index (χ3n) is 3.94. The van der Waals surface area contributed by atoms with Gasteiger partial charge in [-0.05, 0) is 37.3 Å². The first kappa shape index (κ1) is 14.1. The average molecular weight is 329 g/mol. The van der Waals surface area contributed by atoms with Gasteiger partial charge in [0, 0.05) is 0 Å². The van der Waals surface area contributed by atoms with E-state index < -0.39 is 22.4 Å². The van der Waals surface area contributed by atoms with Crippen LogP contribution in [0.15, 0.2) is 65.8 Å². The van der Waals surface area contributed by atoms with Crippen molar-refractivity contribution in [2.75, 3.05) is 4.31 Å². The fraction of sp³-hybridized carbons (Fsp3) is 0.176. The van der Waals surface area contributed by atoms with Gasteiger partial charge >= 0.3 is 0 Å². The van der Waals surface area contributed by atoms with Gasteiger partial charge in [0.15, 0.2) is 6.10 Å². The molecule has 2 aliphatic rings. The Hall–Kier alpha value is -2.47. The van der Waals surface area contributed by atoms with E-state index >= 15 is 0 Å². The number of hydrogen-bond donors (Lipinski definition) is 0. The predicted octanol–water partition coefficient (Wildman–Crippen LogP) is 2.82. The molecule has 6 heteroatoms. The molecule has 118 valence electrons. The van der Waals surface area contributed by atoms with Crippen LogP contribution >= 0.6 is 0 Å². The molecule has 5 nitrogen and oxygen atoms in total. The summed E-state index contributed by atoms with van der Waals surface area (Å²) >= 11 is 0. The second kappa shape index (κ2) is 5.03. The number of ether oxygens (including phenoxy) is 2. The monoisotopic (exact) mass is 329 g/mol. The first-order chi connectivity index (χ1) is 11.1. The fourth-order valence-corrected chi connectivity index (χ4v) is 4.33. The number of sulfonamides is 1. The largest absolute Gasteiger partial charge is 0.478 e. The summed E-state index contributed by atoms with van der Waals surface area (Å²) < 4.78 is 39.0. The molecule has 0 fully saturated rings. The van der Waals surface area contributed by atoms with Crippen LogP contribution in [0.25, 0.3) is 0 Å². The Balaban J connectivity index is 1.87. The summed E-state index contributed by atoms with van der Waals surface area (Å²) in [4.78, 5) is 0.231. The fourth-order valence-electron chi connectivity index (χ4n) is 2.77. The van der Waals surface area contributed by atoms with Gasteiger partial charge < -0.3 is 9.47 Å². The van der Waals surface area contributed by atoms with Gasteiger partial charge in [-0.3, -0.25) is 0 Å². The maximum Gasteiger partial charge on any atom is 0.267 e. The lowest BCUT2D eigenvalue weighted by Crippen LogP contribution is -2.50. The smallest absolute Gasteiger partial charge is 0.267 e. The predicted molar refractivity (Wildman–Crippen MR) is 85.7 cm³/mol. The van der Waals surface area contributed by atoms with Crippen LogP contribution in [0.1, 0.15) is 5.56 Å². The highest BCUT2D eigenvalue weighted by Gasteiger charge is 2.45. The van der Waals surface area contributed by atoms with E-state index in [0.717, 1.165) is 5.56 Å². The van der Waals surface area contributed by atoms with Crippen LogP contribution in [0.3, 0.4) is 0 Å². The molecule has 2 aromatic rings. The van der Waals surface area contributed by atoms with E-state index in [1.165, 1.54) is 10.6 Å². The van der Waals surface area contributed by atoms with Crippen molar-refractivity contribution in [1.82, 2.24) is 0 Å². The molecule has 2 aromatic carbocycles. The van der Waals surface area contributed by atoms with Gasteiger partial charge in [0.25, 0.3) is 10.0 Å². The standard InChI is InChI=1S/C17H15NO4S/c1-12-6-8-13(9-7-12)23(19,20)18-14-4-2-3-5-15(14)22-16-10-11-21-17(16)18/h2-11,16-17H,1H3/t16-,17+/m1/s1. The van der Waals surface area contributed by atoms with Gasteiger partial charge in [0.1, 0.15) is 5.75 Å². The Labute approximate surface area is 134 Å². The molecule has 4 rings (SSSR count). The van der Waals surface area contributed by atoms with Crippen molar-refractivity contribution in [1.29, 1.82) is 0 Å². The van der Waals surface area contributed by atoms with Crippen LogP contribution in [0.4, 0.5) is 5.69 Å². The number of benzene rings is 2. The zero-order valence-corrected chi connectivity index (χ0v) is 13.2. The Morgan fingerprint density at radius 2 is 1.78 bits per heavy atom. The Kier molecular flexibility index (Phi) is 3.09. The van der Waals surface area contributed by atoms with Crippen molar-refractivity contribution >= 4 is 15.7 Å². The molecular weight excluding hydrogens is 314 g/mol. The zero-order chi connectivity index (χ0) is 16.0. The molecule has 0 unspecified atom stereocenters. The van der Waals surface area contributed by atoms with Crippen LogP contribution in [0.5, 0.6) is 5.75 Å². The van der Waals surface area contributed by atoms with Gasteiger partial charge in [-0.2, -0.15) is 0 Å². The summed E-state index contributed by atoms with van der Waals surface area (Å²) in [6.45, 7) is 1.92. The summed E-state index contributed by atoms with van der Waals surface area (Å²) in [6, 6.07) is 13.9. The summed E-state index contributed by atoms with van der Waals surface area (Å²) in [5.41, 5.74) is 1.49. The van der Waals surface area contributed by atoms with Crippen molar-refractivity contribution < 1.29 is 17.9 Å². The second-order valence-corrected chi connectivity index (χ2v) is 7.33. The maximum atomic E-state index is 13.2. The average Bonchev–Trinajstić information content (AvgIpc) is 3.00. The summed E-state index contributed by atoms with van der Waals surface area (Å²) in [5, 5.41) is 0. The number of hydrogen-bond acceptors (Lipinski definition) is 4. The van der Waals surface area contributed by atoms with E-state index in [1.54, 1.807) is 48.5 Å². The Morgan fingerprint density at radius 1 is 1.04 bits per heavy atom. The molecule has 2 atom stereocenters. The first-order valence-corrected chi connectivity index (χ1v) is 8.70. The van der Waals surface area contributed by atoms with Crippen molar-refractivity contribution in [3.63, 3.8) is 0 Å². The molecule has 0 saturated heterocycles. The molecule has 0 amide bonds. The van der Waals surface area contributed by atoms with E-state index in [-0.39, 0.29) is 4.90 Å². The van der Waals surface area contributed by atoms with Gasteiger partial charge in [-0.25, -0.2) is 12.7 Å². The molecule has 0 aromatic heterocycles. The zero-order valence-electron chi connectivity index (χ0n) is 12.4. The van der Waals surface area contributed by atoms with E-state index in [1.807, 2.05) is 13.0 Å². The third-order valence-corrected chi connectivity index (χ3v) is 5.73. The number of anilines is 1. The van der Waals surface area contributed by atoms with Crippen molar-refractivity contribution in [3.05, 3.63) is 66.4 Å². The van der Waals surface area contributed by atoms with E-state index in [2.05, 4.69) is 0 Å². The van der Waals surface area contributed by atoms with Crippen molar-refractivity contribution in [3.8, 4) is 5.75 Å². The molecule has 0 radical (unpaired) electrons. The lowest BCUT2D eigenvalue weighted by Gasteiger charge is -2.37. The summed E-state index contributed by atoms with van der Waals surface area (Å²) in [5.74, 6) is 0.527. The quantitative estimate of drug-likeness (QED) is 0.850. The van der Waals surface area contributed by atoms with E-state index in [9.17, 15) is 8.42 Å². The van der Waals surface area contributed by atoms with E-state index in [4.69, 9.17) is 9.47 Å². The molecule has 0 N–H and O–H groups in total. The Bertz CT molecular complexity index is 874. The SMILES string of the molecule is Cc1ccc(S(=O)(=O)N2c3ccccc3O[C@@H]3C=CO[C@@H]32)cc1. The first-order valence-electron chi connectivity index (χ1n) is 7.26. The topological polar surface area (TPSA) is 55.8 Å². The molecule has 23 heavy (non-hydrogen) atoms. The summed E-state index contributed by atoms with van der Waals surface area (Å²) in [6.07, 6.45) is 2.03. The van der Waals surface area contributed by atoms with Gasteiger partial charge in [-0.15, -0.1) is 0 Å². The highest BCUT2D eigenvalue weighted by Crippen LogP contribution is 2.41. The normalized spacial score (nSPS) is 22.0. The molecule has 0 bridgehead atoms. The van der Waals surface area contributed by atoms with Crippen molar-refractivity contribution in [2.24, 2.45) is 0 Å². The second-order valence-electron chi connectivity index (χ2n) is 5.52. The lowest BCUT2D eigenvalue weighted by molar-refractivity contribution is 0.0748. The molecular formula is C17H15NO4S. The Morgan fingerprint density at radius 3 is 2.57 bits per heavy atom. The van der Waals surface area contributed by atoms with Crippen LogP contribution < -0.4 is 9.04 Å². The highest BCUT2D eigenvalue weighted by molar-refractivity contribution is 7.92. The molecule has 0 spiro atoms. The third kappa shape index (κ3) is 2.17. The van der Waals surface area contributed by atoms with Crippen LogP contribution in [-0.4, -0.2) is 20.7 Å². The molecule has 2 aliphatic heterocycles. The van der Waals surface area contributed by atoms with Crippen molar-refractivity contribution in [2.45, 2.75) is 24.2 Å². The minimum atomic E-state index is -3.76.